The number of hydrogen-bond acceptors (Lipinski definition) is 4. The molecule has 2 nitrogen and oxygen atoms in total. The minimum absolute atomic E-state index is 0.284. The molecule has 0 aliphatic carbocycles. The van der Waals surface area contributed by atoms with Gasteiger partial charge in [-0.25, -0.2) is 0 Å². The molecule has 4 atom stereocenters. The first-order valence-corrected chi connectivity index (χ1v) is 8.59. The number of hydrogen-bond donors (Lipinski definition) is 1. The van der Waals surface area contributed by atoms with E-state index in [9.17, 15) is 0 Å². The number of nitrogens with one attached hydrogen (secondary N) is 1. The Morgan fingerprint density at radius 2 is 2.24 bits per heavy atom. The molecule has 1 fully saturated rings. The molecule has 1 N–H and O–H groups in total. The van der Waals surface area contributed by atoms with E-state index < -0.39 is 0 Å². The van der Waals surface area contributed by atoms with Crippen LogP contribution < -0.4 is 5.32 Å². The summed E-state index contributed by atoms with van der Waals surface area (Å²) in [4.78, 5) is 0. The molecule has 5 heteroatoms. The van der Waals surface area contributed by atoms with E-state index in [-0.39, 0.29) is 6.04 Å². The van der Waals surface area contributed by atoms with Gasteiger partial charge in [0, 0.05) is 21.5 Å². The second-order valence-electron chi connectivity index (χ2n) is 4.32. The van der Waals surface area contributed by atoms with Gasteiger partial charge in [-0.15, -0.1) is 0 Å². The highest BCUT2D eigenvalue weighted by atomic mass is 79.9. The zero-order chi connectivity index (χ0) is 12.4. The highest BCUT2D eigenvalue weighted by molar-refractivity contribution is 9.10. The maximum absolute atomic E-state index is 5.60. The lowest BCUT2D eigenvalue weighted by molar-refractivity contribution is 0.427. The minimum atomic E-state index is 0.284. The van der Waals surface area contributed by atoms with Crippen molar-refractivity contribution in [1.82, 2.24) is 5.32 Å². The number of rotatable bonds is 3. The van der Waals surface area contributed by atoms with Gasteiger partial charge in [-0.1, -0.05) is 13.8 Å². The third-order valence-corrected chi connectivity index (χ3v) is 7.33. The summed E-state index contributed by atoms with van der Waals surface area (Å²) in [5.74, 6) is 2.20. The van der Waals surface area contributed by atoms with Crippen LogP contribution in [0.4, 0.5) is 0 Å². The molecule has 4 unspecified atom stereocenters. The van der Waals surface area contributed by atoms with Gasteiger partial charge in [0.1, 0.15) is 5.76 Å². The van der Waals surface area contributed by atoms with Crippen molar-refractivity contribution in [3.05, 3.63) is 22.6 Å². The molecule has 1 aliphatic heterocycles. The molecule has 0 spiro atoms. The summed E-state index contributed by atoms with van der Waals surface area (Å²) < 4.78 is 6.66. The molecule has 0 amide bonds. The van der Waals surface area contributed by atoms with Crippen LogP contribution in [0.5, 0.6) is 0 Å². The average Bonchev–Trinajstić information content (AvgIpc) is 2.71. The van der Waals surface area contributed by atoms with E-state index in [1.807, 2.05) is 13.1 Å². The minimum Gasteiger partial charge on any atom is -0.466 e. The van der Waals surface area contributed by atoms with Gasteiger partial charge in [-0.3, -0.25) is 0 Å². The quantitative estimate of drug-likeness (QED) is 0.904. The normalized spacial score (nSPS) is 31.4. The highest BCUT2D eigenvalue weighted by Crippen LogP contribution is 2.42. The zero-order valence-corrected chi connectivity index (χ0v) is 13.5. The molecular formula is C12H18BrNOS2. The Morgan fingerprint density at radius 3 is 2.76 bits per heavy atom. The maximum Gasteiger partial charge on any atom is 0.135 e. The standard InChI is InChI=1S/C12H18BrNOS2/c1-7-8(2)17-10(6-16-7)11(14-3)12-9(13)4-5-15-12/h4-5,7-8,10-11,14H,6H2,1-3H3. The lowest BCUT2D eigenvalue weighted by Crippen LogP contribution is -2.35. The summed E-state index contributed by atoms with van der Waals surface area (Å²) in [6.07, 6.45) is 1.75. The lowest BCUT2D eigenvalue weighted by Gasteiger charge is -2.35. The molecule has 0 saturated carbocycles. The Morgan fingerprint density at radius 1 is 1.47 bits per heavy atom. The fourth-order valence-corrected chi connectivity index (χ4v) is 5.57. The molecule has 1 aliphatic rings. The molecule has 0 radical (unpaired) electrons. The van der Waals surface area contributed by atoms with Crippen LogP contribution in [0.15, 0.2) is 21.2 Å². The van der Waals surface area contributed by atoms with Crippen LogP contribution >= 0.6 is 39.5 Å². The third-order valence-electron chi connectivity index (χ3n) is 3.18. The van der Waals surface area contributed by atoms with Gasteiger partial charge in [0.15, 0.2) is 0 Å². The van der Waals surface area contributed by atoms with E-state index >= 15 is 0 Å². The number of furan rings is 1. The highest BCUT2D eigenvalue weighted by Gasteiger charge is 2.33. The molecule has 2 heterocycles. The first kappa shape index (κ1) is 13.8. The van der Waals surface area contributed by atoms with E-state index in [2.05, 4.69) is 58.6 Å². The Hall–Kier alpha value is 0.420. The summed E-state index contributed by atoms with van der Waals surface area (Å²) in [5, 5.41) is 5.40. The van der Waals surface area contributed by atoms with Crippen molar-refractivity contribution in [2.45, 2.75) is 35.6 Å². The van der Waals surface area contributed by atoms with Crippen molar-refractivity contribution >= 4 is 39.5 Å². The molecule has 1 aromatic heterocycles. The van der Waals surface area contributed by atoms with E-state index in [0.717, 1.165) is 15.5 Å². The zero-order valence-electron chi connectivity index (χ0n) is 10.3. The van der Waals surface area contributed by atoms with Crippen LogP contribution in [0.25, 0.3) is 0 Å². The van der Waals surface area contributed by atoms with Crippen LogP contribution in [0.2, 0.25) is 0 Å². The predicted octanol–water partition coefficient (Wildman–Crippen LogP) is 3.93. The Balaban J connectivity index is 2.12. The van der Waals surface area contributed by atoms with Crippen molar-refractivity contribution in [3.63, 3.8) is 0 Å². The smallest absolute Gasteiger partial charge is 0.135 e. The van der Waals surface area contributed by atoms with Crippen LogP contribution in [0, 0.1) is 0 Å². The summed E-state index contributed by atoms with van der Waals surface area (Å²) >= 11 is 7.68. The summed E-state index contributed by atoms with van der Waals surface area (Å²) in [6, 6.07) is 2.25. The van der Waals surface area contributed by atoms with E-state index in [0.29, 0.717) is 10.5 Å². The van der Waals surface area contributed by atoms with Crippen molar-refractivity contribution in [1.29, 1.82) is 0 Å². The summed E-state index contributed by atoms with van der Waals surface area (Å²) in [6.45, 7) is 4.63. The van der Waals surface area contributed by atoms with Crippen molar-refractivity contribution in [3.8, 4) is 0 Å². The van der Waals surface area contributed by atoms with Crippen molar-refractivity contribution < 1.29 is 4.42 Å². The summed E-state index contributed by atoms with van der Waals surface area (Å²) in [5.41, 5.74) is 0. The van der Waals surface area contributed by atoms with Crippen molar-refractivity contribution in [2.24, 2.45) is 0 Å². The summed E-state index contributed by atoms with van der Waals surface area (Å²) in [7, 11) is 2.01. The topological polar surface area (TPSA) is 25.2 Å². The second kappa shape index (κ2) is 6.04. The lowest BCUT2D eigenvalue weighted by atomic mass is 10.1. The van der Waals surface area contributed by atoms with Crippen LogP contribution in [0.3, 0.4) is 0 Å². The Kier molecular flexibility index (Phi) is 4.92. The van der Waals surface area contributed by atoms with Gasteiger partial charge < -0.3 is 9.73 Å². The fourth-order valence-electron chi connectivity index (χ4n) is 2.00. The molecular weight excluding hydrogens is 318 g/mol. The number of thioether (sulfide) groups is 2. The molecule has 17 heavy (non-hydrogen) atoms. The van der Waals surface area contributed by atoms with Gasteiger partial charge in [-0.2, -0.15) is 23.5 Å². The molecule has 0 aromatic carbocycles. The first-order chi connectivity index (χ1) is 8.13. The van der Waals surface area contributed by atoms with E-state index in [1.54, 1.807) is 6.26 Å². The van der Waals surface area contributed by atoms with Gasteiger partial charge in [-0.05, 0) is 29.0 Å². The van der Waals surface area contributed by atoms with Crippen molar-refractivity contribution in [2.75, 3.05) is 12.8 Å². The molecule has 96 valence electrons. The van der Waals surface area contributed by atoms with E-state index in [4.69, 9.17) is 4.42 Å². The van der Waals surface area contributed by atoms with Crippen LogP contribution in [-0.4, -0.2) is 28.6 Å². The second-order valence-corrected chi connectivity index (χ2v) is 8.20. The SMILES string of the molecule is CNC(c1occc1Br)C1CSC(C)C(C)S1. The molecule has 1 aromatic rings. The largest absolute Gasteiger partial charge is 0.466 e. The Labute approximate surface area is 120 Å². The van der Waals surface area contributed by atoms with Gasteiger partial charge >= 0.3 is 0 Å². The number of halogens is 1. The molecule has 2 rings (SSSR count). The van der Waals surface area contributed by atoms with Gasteiger partial charge in [0.2, 0.25) is 0 Å². The Bertz CT molecular complexity index is 371. The van der Waals surface area contributed by atoms with Gasteiger partial charge in [0.05, 0.1) is 16.8 Å². The first-order valence-electron chi connectivity index (χ1n) is 5.80. The van der Waals surface area contributed by atoms with Gasteiger partial charge in [0.25, 0.3) is 0 Å². The maximum atomic E-state index is 5.60. The molecule has 1 saturated heterocycles. The van der Waals surface area contributed by atoms with Crippen LogP contribution in [0.1, 0.15) is 25.6 Å². The fraction of sp³-hybridized carbons (Fsp3) is 0.667. The van der Waals surface area contributed by atoms with E-state index in [1.165, 1.54) is 5.75 Å². The monoisotopic (exact) mass is 335 g/mol. The molecule has 0 bridgehead atoms. The predicted molar refractivity (Wildman–Crippen MR) is 81.0 cm³/mol. The third kappa shape index (κ3) is 3.06. The van der Waals surface area contributed by atoms with Crippen LogP contribution in [-0.2, 0) is 0 Å². The average molecular weight is 336 g/mol.